The van der Waals surface area contributed by atoms with Crippen molar-refractivity contribution in [2.45, 2.75) is 5.92 Å². The van der Waals surface area contributed by atoms with Crippen LogP contribution in [0.3, 0.4) is 0 Å². The summed E-state index contributed by atoms with van der Waals surface area (Å²) < 4.78 is 12.3. The van der Waals surface area contributed by atoms with Crippen LogP contribution in [0.1, 0.15) is 27.4 Å². The van der Waals surface area contributed by atoms with Crippen LogP contribution < -0.4 is 35.7 Å². The average molecular weight is 540 g/mol. The largest absolute Gasteiger partial charge is 0.497 e. The molecule has 5 rings (SSSR count). The van der Waals surface area contributed by atoms with Crippen LogP contribution in [0.2, 0.25) is 0 Å². The molecule has 3 aromatic carbocycles. The topological polar surface area (TPSA) is 127 Å². The van der Waals surface area contributed by atoms with Crippen molar-refractivity contribution < 1.29 is 19.1 Å². The highest BCUT2D eigenvalue weighted by atomic mass is 32.1. The minimum Gasteiger partial charge on any atom is -0.497 e. The lowest BCUT2D eigenvalue weighted by Gasteiger charge is -2.27. The van der Waals surface area contributed by atoms with Crippen LogP contribution in [0.4, 0.5) is 0 Å². The Kier molecular flexibility index (Phi) is 6.91. The Labute approximate surface area is 227 Å². The lowest BCUT2D eigenvalue weighted by molar-refractivity contribution is -0.113. The van der Waals surface area contributed by atoms with Gasteiger partial charge in [-0.25, -0.2) is 0 Å². The number of rotatable bonds is 7. The van der Waals surface area contributed by atoms with E-state index in [9.17, 15) is 14.4 Å². The number of nitrogens with zero attached hydrogens (tertiary/aromatic N) is 1. The Morgan fingerprint density at radius 3 is 2.03 bits per heavy atom. The number of methoxy groups -OCH3 is 2. The third-order valence-electron chi connectivity index (χ3n) is 6.56. The maximum atomic E-state index is 13.9. The second-order valence-corrected chi connectivity index (χ2v) is 9.84. The van der Waals surface area contributed by atoms with Gasteiger partial charge in [-0.3, -0.25) is 19.0 Å². The van der Waals surface area contributed by atoms with Gasteiger partial charge in [0, 0.05) is 11.5 Å². The van der Waals surface area contributed by atoms with Crippen LogP contribution in [-0.2, 0) is 4.79 Å². The summed E-state index contributed by atoms with van der Waals surface area (Å²) in [5, 5.41) is 0. The molecular weight excluding hydrogens is 514 g/mol. The summed E-state index contributed by atoms with van der Waals surface area (Å²) in [5.41, 5.74) is 14.1. The van der Waals surface area contributed by atoms with Crippen molar-refractivity contribution in [1.29, 1.82) is 0 Å². The number of Topliss-reactive ketones (excluding diaryl/α,β-unsaturated/α-hetero) is 1. The monoisotopic (exact) mass is 539 g/mol. The molecule has 0 aliphatic carbocycles. The Bertz CT molecular complexity index is 1780. The molecule has 8 nitrogen and oxygen atoms in total. The summed E-state index contributed by atoms with van der Waals surface area (Å²) >= 11 is 1.10. The van der Waals surface area contributed by atoms with Crippen LogP contribution in [0, 0.1) is 0 Å². The fourth-order valence-corrected chi connectivity index (χ4v) is 5.82. The fourth-order valence-electron chi connectivity index (χ4n) is 4.64. The molecule has 0 spiro atoms. The van der Waals surface area contributed by atoms with Gasteiger partial charge in [-0.1, -0.05) is 54.6 Å². The number of hydrogen-bond acceptors (Lipinski definition) is 7. The van der Waals surface area contributed by atoms with E-state index in [1.54, 1.807) is 87.0 Å². The molecule has 39 heavy (non-hydrogen) atoms. The van der Waals surface area contributed by atoms with Gasteiger partial charge in [0.15, 0.2) is 5.78 Å². The SMILES string of the molecule is COc1ccc(/C=c2/sc3n(c2=O)C(N)=C(C(=O)c2ccccc2)[C@@H](c2ccc(OC)cc2)C=3C(N)=O)cc1. The van der Waals surface area contributed by atoms with Crippen molar-refractivity contribution in [1.82, 2.24) is 4.57 Å². The second-order valence-electron chi connectivity index (χ2n) is 8.81. The van der Waals surface area contributed by atoms with Crippen LogP contribution in [0.15, 0.2) is 89.2 Å². The van der Waals surface area contributed by atoms with Crippen molar-refractivity contribution in [2.24, 2.45) is 11.5 Å². The van der Waals surface area contributed by atoms with E-state index < -0.39 is 23.2 Å². The van der Waals surface area contributed by atoms with E-state index in [1.165, 1.54) is 4.57 Å². The number of benzene rings is 3. The standard InChI is InChI=1S/C30H25N3O5S/c1-37-20-12-8-17(9-13-20)16-22-29(36)33-27(31)24(26(34)19-6-4-3-5-7-19)23(25(28(32)35)30(33)39-22)18-10-14-21(38-2)15-11-18/h3-16,23H,31H2,1-2H3,(H2,32,35)/b22-16+/t23-/m1/s1. The van der Waals surface area contributed by atoms with Gasteiger partial charge in [-0.15, -0.1) is 11.3 Å². The van der Waals surface area contributed by atoms with Crippen LogP contribution >= 0.6 is 11.3 Å². The van der Waals surface area contributed by atoms with Gasteiger partial charge in [0.2, 0.25) is 5.91 Å². The van der Waals surface area contributed by atoms with E-state index in [2.05, 4.69) is 0 Å². The van der Waals surface area contributed by atoms with E-state index in [1.807, 2.05) is 12.1 Å². The van der Waals surface area contributed by atoms with Gasteiger partial charge in [0.25, 0.3) is 5.56 Å². The number of ether oxygens (including phenoxy) is 2. The number of amides is 1. The predicted molar refractivity (Wildman–Crippen MR) is 151 cm³/mol. The average Bonchev–Trinajstić information content (AvgIpc) is 3.28. The van der Waals surface area contributed by atoms with Gasteiger partial charge < -0.3 is 20.9 Å². The molecule has 196 valence electrons. The minimum absolute atomic E-state index is 0.0414. The van der Waals surface area contributed by atoms with Gasteiger partial charge in [0.1, 0.15) is 22.0 Å². The third-order valence-corrected chi connectivity index (χ3v) is 7.67. The maximum Gasteiger partial charge on any atom is 0.274 e. The van der Waals surface area contributed by atoms with E-state index in [0.717, 1.165) is 16.9 Å². The molecule has 0 fully saturated rings. The highest BCUT2D eigenvalue weighted by molar-refractivity contribution is 7.07. The van der Waals surface area contributed by atoms with Crippen molar-refractivity contribution in [2.75, 3.05) is 14.2 Å². The summed E-state index contributed by atoms with van der Waals surface area (Å²) in [6, 6.07) is 22.7. The number of primary amides is 1. The third kappa shape index (κ3) is 4.64. The molecule has 0 unspecified atom stereocenters. The number of carbonyl (C=O) groups excluding carboxylic acids is 2. The second kappa shape index (κ2) is 10.5. The molecule has 4 aromatic rings. The van der Waals surface area contributed by atoms with Crippen molar-refractivity contribution in [3.63, 3.8) is 0 Å². The summed E-state index contributed by atoms with van der Waals surface area (Å²) in [6.07, 6.45) is 1.70. The highest BCUT2D eigenvalue weighted by Crippen LogP contribution is 2.38. The van der Waals surface area contributed by atoms with Gasteiger partial charge in [-0.2, -0.15) is 0 Å². The normalized spacial score (nSPS) is 15.2. The maximum absolute atomic E-state index is 13.9. The first-order chi connectivity index (χ1) is 18.8. The number of thiazole rings is 1. The van der Waals surface area contributed by atoms with Gasteiger partial charge in [-0.05, 0) is 41.5 Å². The quantitative estimate of drug-likeness (QED) is 0.347. The zero-order chi connectivity index (χ0) is 27.7. The molecule has 1 aliphatic rings. The summed E-state index contributed by atoms with van der Waals surface area (Å²) in [5.74, 6) is -0.817. The minimum atomic E-state index is -0.895. The fraction of sp³-hybridized carbons (Fsp3) is 0.100. The van der Waals surface area contributed by atoms with Gasteiger partial charge >= 0.3 is 0 Å². The molecule has 0 saturated heterocycles. The summed E-state index contributed by atoms with van der Waals surface area (Å²) in [7, 11) is 3.12. The smallest absolute Gasteiger partial charge is 0.274 e. The Morgan fingerprint density at radius 2 is 1.46 bits per heavy atom. The van der Waals surface area contributed by atoms with E-state index in [4.69, 9.17) is 20.9 Å². The zero-order valence-electron chi connectivity index (χ0n) is 21.2. The molecule has 9 heteroatoms. The lowest BCUT2D eigenvalue weighted by Crippen LogP contribution is -2.42. The van der Waals surface area contributed by atoms with Crippen LogP contribution in [0.25, 0.3) is 17.5 Å². The molecule has 0 radical (unpaired) electrons. The molecule has 1 aliphatic heterocycles. The zero-order valence-corrected chi connectivity index (χ0v) is 22.0. The number of ketones is 1. The first-order valence-electron chi connectivity index (χ1n) is 12.0. The number of aromatic nitrogens is 1. The predicted octanol–water partition coefficient (Wildman–Crippen LogP) is 2.20. The number of allylic oxidation sites excluding steroid dienone is 1. The van der Waals surface area contributed by atoms with Crippen LogP contribution in [0.5, 0.6) is 11.5 Å². The van der Waals surface area contributed by atoms with Crippen molar-refractivity contribution in [3.8, 4) is 11.5 Å². The molecule has 1 aromatic heterocycles. The Balaban J connectivity index is 1.82. The van der Waals surface area contributed by atoms with Crippen molar-refractivity contribution in [3.05, 3.63) is 121 Å². The van der Waals surface area contributed by atoms with E-state index in [-0.39, 0.29) is 21.6 Å². The molecule has 0 saturated carbocycles. The number of nitrogens with two attached hydrogens (primary N) is 2. The van der Waals surface area contributed by atoms with Crippen LogP contribution in [-0.4, -0.2) is 30.5 Å². The number of carbonyl (C=O) groups is 2. The lowest BCUT2D eigenvalue weighted by atomic mass is 9.80. The first kappa shape index (κ1) is 25.7. The molecule has 1 amide bonds. The van der Waals surface area contributed by atoms with E-state index >= 15 is 0 Å². The molecule has 4 N–H and O–H groups in total. The summed E-state index contributed by atoms with van der Waals surface area (Å²) in [4.78, 5) is 40.6. The number of hydrogen-bond donors (Lipinski definition) is 2. The molecular formula is C30H25N3O5S. The van der Waals surface area contributed by atoms with Crippen molar-refractivity contribution >= 4 is 40.5 Å². The summed E-state index contributed by atoms with van der Waals surface area (Å²) in [6.45, 7) is 0. The number of fused-ring (bicyclic) bond motifs is 1. The Hall–Kier alpha value is -4.89. The molecule has 0 bridgehead atoms. The first-order valence-corrected chi connectivity index (χ1v) is 12.8. The highest BCUT2D eigenvalue weighted by Gasteiger charge is 2.38. The van der Waals surface area contributed by atoms with E-state index in [0.29, 0.717) is 27.2 Å². The molecule has 2 heterocycles. The van der Waals surface area contributed by atoms with Gasteiger partial charge in [0.05, 0.1) is 29.9 Å². The Morgan fingerprint density at radius 1 is 0.872 bits per heavy atom. The molecule has 1 atom stereocenters.